The molecule has 2 aliphatic heterocycles. The average Bonchev–Trinajstić information content (AvgIpc) is 3.49. The molecule has 2 saturated heterocycles. The fourth-order valence-corrected chi connectivity index (χ4v) is 6.91. The summed E-state index contributed by atoms with van der Waals surface area (Å²) in [6, 6.07) is 8.74. The van der Waals surface area contributed by atoms with Crippen LogP contribution in [0.2, 0.25) is 0 Å². The lowest BCUT2D eigenvalue weighted by atomic mass is 9.98. The van der Waals surface area contributed by atoms with Crippen LogP contribution in [0.1, 0.15) is 41.6 Å². The summed E-state index contributed by atoms with van der Waals surface area (Å²) in [5.74, 6) is -0.768. The zero-order valence-electron chi connectivity index (χ0n) is 17.5. The largest absolute Gasteiger partial charge is 0.339 e. The molecule has 2 aromatic rings. The van der Waals surface area contributed by atoms with Gasteiger partial charge in [0.15, 0.2) is 0 Å². The number of carbonyl (C=O) groups is 2. The molecule has 0 bridgehead atoms. The van der Waals surface area contributed by atoms with E-state index in [9.17, 15) is 18.0 Å². The van der Waals surface area contributed by atoms with Crippen LogP contribution in [0.3, 0.4) is 0 Å². The molecule has 2 amide bonds. The number of nitrogens with zero attached hydrogens (tertiary/aromatic N) is 2. The maximum atomic E-state index is 13.1. The molecule has 1 aromatic heterocycles. The molecule has 166 valence electrons. The van der Waals surface area contributed by atoms with Crippen LogP contribution in [0, 0.1) is 12.8 Å². The molecule has 0 spiro atoms. The van der Waals surface area contributed by atoms with E-state index in [1.54, 1.807) is 23.6 Å². The van der Waals surface area contributed by atoms with E-state index >= 15 is 0 Å². The predicted molar refractivity (Wildman–Crippen MR) is 121 cm³/mol. The molecule has 1 unspecified atom stereocenters. The van der Waals surface area contributed by atoms with Gasteiger partial charge < -0.3 is 10.2 Å². The van der Waals surface area contributed by atoms with Crippen molar-refractivity contribution in [2.75, 3.05) is 31.5 Å². The lowest BCUT2D eigenvalue weighted by Gasteiger charge is -2.31. The highest BCUT2D eigenvalue weighted by atomic mass is 32.2. The minimum atomic E-state index is -3.59. The van der Waals surface area contributed by atoms with Crippen LogP contribution in [-0.2, 0) is 14.8 Å². The smallest absolute Gasteiger partial charge is 0.255 e. The lowest BCUT2D eigenvalue weighted by Crippen LogP contribution is -2.43. The van der Waals surface area contributed by atoms with Crippen molar-refractivity contribution in [3.63, 3.8) is 0 Å². The molecule has 0 radical (unpaired) electrons. The van der Waals surface area contributed by atoms with E-state index in [0.29, 0.717) is 34.8 Å². The zero-order chi connectivity index (χ0) is 22.0. The molecule has 2 fully saturated rings. The summed E-state index contributed by atoms with van der Waals surface area (Å²) in [5.41, 5.74) is 1.84. The van der Waals surface area contributed by atoms with E-state index in [-0.39, 0.29) is 18.4 Å². The highest BCUT2D eigenvalue weighted by molar-refractivity contribution is 7.91. The van der Waals surface area contributed by atoms with Crippen molar-refractivity contribution in [3.05, 3.63) is 46.8 Å². The Morgan fingerprint density at radius 1 is 1.06 bits per heavy atom. The van der Waals surface area contributed by atoms with Gasteiger partial charge in [-0.3, -0.25) is 9.59 Å². The van der Waals surface area contributed by atoms with Crippen LogP contribution in [-0.4, -0.2) is 55.6 Å². The van der Waals surface area contributed by atoms with Crippen LogP contribution >= 0.6 is 11.3 Å². The first-order chi connectivity index (χ1) is 14.9. The number of carbonyl (C=O) groups excluding carboxylic acids is 2. The molecule has 31 heavy (non-hydrogen) atoms. The molecular weight excluding hydrogens is 434 g/mol. The van der Waals surface area contributed by atoms with E-state index in [2.05, 4.69) is 5.32 Å². The molecule has 7 nitrogen and oxygen atoms in total. The molecule has 4 rings (SSSR count). The van der Waals surface area contributed by atoms with Crippen LogP contribution in [0.25, 0.3) is 0 Å². The molecule has 3 heterocycles. The third-order valence-corrected chi connectivity index (χ3v) is 9.23. The second-order valence-electron chi connectivity index (χ2n) is 8.12. The van der Waals surface area contributed by atoms with Gasteiger partial charge in [0.25, 0.3) is 15.9 Å². The van der Waals surface area contributed by atoms with E-state index in [4.69, 9.17) is 0 Å². The third-order valence-electron chi connectivity index (χ3n) is 5.99. The van der Waals surface area contributed by atoms with Crippen molar-refractivity contribution >= 4 is 38.9 Å². The normalized spacial score (nSPS) is 20.0. The number of amides is 2. The molecule has 1 aromatic carbocycles. The Morgan fingerprint density at radius 2 is 1.84 bits per heavy atom. The van der Waals surface area contributed by atoms with Gasteiger partial charge in [-0.2, -0.15) is 4.31 Å². The third kappa shape index (κ3) is 4.53. The van der Waals surface area contributed by atoms with Gasteiger partial charge in [0, 0.05) is 26.2 Å². The highest BCUT2D eigenvalue weighted by Gasteiger charge is 2.34. The monoisotopic (exact) mass is 461 g/mol. The second kappa shape index (κ2) is 9.10. The maximum absolute atomic E-state index is 13.1. The molecule has 1 N–H and O–H groups in total. The number of piperidine rings is 1. The predicted octanol–water partition coefficient (Wildman–Crippen LogP) is 3.33. The van der Waals surface area contributed by atoms with Crippen molar-refractivity contribution in [1.29, 1.82) is 0 Å². The summed E-state index contributed by atoms with van der Waals surface area (Å²) in [6.45, 7) is 3.89. The van der Waals surface area contributed by atoms with Gasteiger partial charge in [-0.05, 0) is 55.7 Å². The zero-order valence-corrected chi connectivity index (χ0v) is 19.2. The number of para-hydroxylation sites is 1. The number of anilines is 1. The van der Waals surface area contributed by atoms with Crippen molar-refractivity contribution in [1.82, 2.24) is 9.21 Å². The molecule has 2 aliphatic rings. The SMILES string of the molecule is Cc1cccc(C(=O)N2CCCC2)c1NC(=O)C1CCCN(S(=O)(=O)c2cccs2)C1. The number of likely N-dealkylation sites (tertiary alicyclic amines) is 1. The number of nitrogens with one attached hydrogen (secondary N) is 1. The maximum Gasteiger partial charge on any atom is 0.255 e. The van der Waals surface area contributed by atoms with Gasteiger partial charge in [-0.25, -0.2) is 8.42 Å². The Labute approximate surface area is 187 Å². The Bertz CT molecular complexity index is 1060. The number of benzene rings is 1. The first-order valence-electron chi connectivity index (χ1n) is 10.6. The van der Waals surface area contributed by atoms with Crippen LogP contribution < -0.4 is 5.32 Å². The number of hydrogen-bond acceptors (Lipinski definition) is 5. The van der Waals surface area contributed by atoms with Gasteiger partial charge in [0.05, 0.1) is 17.2 Å². The van der Waals surface area contributed by atoms with E-state index in [1.807, 2.05) is 24.0 Å². The fourth-order valence-electron chi connectivity index (χ4n) is 4.24. The molecule has 1 atom stereocenters. The van der Waals surface area contributed by atoms with E-state index in [0.717, 1.165) is 31.5 Å². The standard InChI is InChI=1S/C22H27N3O4S2/c1-16-7-4-9-18(22(27)24-11-2-3-12-24)20(16)23-21(26)17-8-5-13-25(15-17)31(28,29)19-10-6-14-30-19/h4,6-7,9-10,14,17H,2-3,5,8,11-13,15H2,1H3,(H,23,26). The summed E-state index contributed by atoms with van der Waals surface area (Å²) in [5, 5.41) is 4.69. The molecular formula is C22H27N3O4S2. The Morgan fingerprint density at radius 3 is 2.55 bits per heavy atom. The minimum Gasteiger partial charge on any atom is -0.339 e. The van der Waals surface area contributed by atoms with Gasteiger partial charge in [-0.15, -0.1) is 11.3 Å². The average molecular weight is 462 g/mol. The van der Waals surface area contributed by atoms with Crippen LogP contribution in [0.15, 0.2) is 39.9 Å². The quantitative estimate of drug-likeness (QED) is 0.740. The first kappa shape index (κ1) is 22.0. The van der Waals surface area contributed by atoms with Crippen molar-refractivity contribution < 1.29 is 18.0 Å². The number of thiophene rings is 1. The number of hydrogen-bond donors (Lipinski definition) is 1. The van der Waals surface area contributed by atoms with Gasteiger partial charge in [-0.1, -0.05) is 18.2 Å². The lowest BCUT2D eigenvalue weighted by molar-refractivity contribution is -0.120. The van der Waals surface area contributed by atoms with Crippen molar-refractivity contribution in [3.8, 4) is 0 Å². The first-order valence-corrected chi connectivity index (χ1v) is 12.9. The number of aryl methyl sites for hydroxylation is 1. The summed E-state index contributed by atoms with van der Waals surface area (Å²) in [6.07, 6.45) is 3.23. The van der Waals surface area contributed by atoms with Crippen molar-refractivity contribution in [2.24, 2.45) is 5.92 Å². The van der Waals surface area contributed by atoms with Gasteiger partial charge >= 0.3 is 0 Å². The molecule has 0 saturated carbocycles. The summed E-state index contributed by atoms with van der Waals surface area (Å²) in [4.78, 5) is 27.9. The van der Waals surface area contributed by atoms with Gasteiger partial charge in [0.1, 0.15) is 4.21 Å². The topological polar surface area (TPSA) is 86.8 Å². The van der Waals surface area contributed by atoms with Crippen LogP contribution in [0.4, 0.5) is 5.69 Å². The summed E-state index contributed by atoms with van der Waals surface area (Å²) in [7, 11) is -3.59. The van der Waals surface area contributed by atoms with E-state index in [1.165, 1.54) is 15.6 Å². The Hall–Kier alpha value is -2.23. The minimum absolute atomic E-state index is 0.0676. The van der Waals surface area contributed by atoms with Crippen LogP contribution in [0.5, 0.6) is 0 Å². The van der Waals surface area contributed by atoms with Gasteiger partial charge in [0.2, 0.25) is 5.91 Å². The second-order valence-corrected chi connectivity index (χ2v) is 11.2. The van der Waals surface area contributed by atoms with E-state index < -0.39 is 15.9 Å². The Balaban J connectivity index is 1.51. The Kier molecular flexibility index (Phi) is 6.45. The molecule has 9 heteroatoms. The molecule has 0 aliphatic carbocycles. The number of sulfonamides is 1. The number of rotatable bonds is 5. The highest BCUT2D eigenvalue weighted by Crippen LogP contribution is 2.29. The fraction of sp³-hybridized carbons (Fsp3) is 0.455. The summed E-state index contributed by atoms with van der Waals surface area (Å²) < 4.78 is 27.4. The summed E-state index contributed by atoms with van der Waals surface area (Å²) >= 11 is 1.18. The van der Waals surface area contributed by atoms with Crippen molar-refractivity contribution in [2.45, 2.75) is 36.8 Å².